The molecule has 2 N–H and O–H groups in total. The van der Waals surface area contributed by atoms with Crippen molar-refractivity contribution >= 4 is 22.7 Å². The van der Waals surface area contributed by atoms with E-state index in [0.29, 0.717) is 43.4 Å². The molecule has 37 heavy (non-hydrogen) atoms. The molecule has 3 aromatic rings. The van der Waals surface area contributed by atoms with Crippen LogP contribution >= 0.6 is 0 Å². The number of benzene rings is 1. The number of rotatable bonds is 5. The van der Waals surface area contributed by atoms with Gasteiger partial charge in [0.1, 0.15) is 17.3 Å². The van der Waals surface area contributed by atoms with Gasteiger partial charge in [-0.15, -0.1) is 0 Å². The Hall–Kier alpha value is -3.49. The molecule has 0 bridgehead atoms. The third kappa shape index (κ3) is 5.17. The van der Waals surface area contributed by atoms with Crippen LogP contribution in [0.15, 0.2) is 35.3 Å². The van der Waals surface area contributed by atoms with E-state index in [1.165, 1.54) is 10.6 Å². The molecule has 2 aliphatic rings. The Morgan fingerprint density at radius 1 is 1.30 bits per heavy atom. The molecule has 8 nitrogen and oxygen atoms in total. The van der Waals surface area contributed by atoms with Crippen LogP contribution < -0.4 is 10.9 Å². The van der Waals surface area contributed by atoms with E-state index >= 15 is 0 Å². The molecule has 0 saturated heterocycles. The first-order chi connectivity index (χ1) is 17.5. The van der Waals surface area contributed by atoms with Crippen LogP contribution in [0.2, 0.25) is 0 Å². The van der Waals surface area contributed by atoms with Gasteiger partial charge in [-0.25, -0.2) is 4.98 Å². The Kier molecular flexibility index (Phi) is 6.41. The van der Waals surface area contributed by atoms with Crippen molar-refractivity contribution in [3.05, 3.63) is 57.5 Å². The number of nitrogens with one attached hydrogen (secondary N) is 1. The molecule has 0 spiro atoms. The van der Waals surface area contributed by atoms with E-state index < -0.39 is 29.8 Å². The maximum atomic E-state index is 13.1. The van der Waals surface area contributed by atoms with Gasteiger partial charge in [0.2, 0.25) is 5.95 Å². The van der Waals surface area contributed by atoms with Gasteiger partial charge >= 0.3 is 6.18 Å². The number of hydrogen-bond acceptors (Lipinski definition) is 7. The van der Waals surface area contributed by atoms with Crippen LogP contribution in [0.4, 0.5) is 24.8 Å². The maximum absolute atomic E-state index is 13.1. The highest BCUT2D eigenvalue weighted by atomic mass is 19.4. The van der Waals surface area contributed by atoms with E-state index in [4.69, 9.17) is 0 Å². The number of aliphatic hydroxyl groups is 1. The first kappa shape index (κ1) is 25.2. The summed E-state index contributed by atoms with van der Waals surface area (Å²) in [6.07, 6.45) is -0.922. The number of halogens is 3. The quantitative estimate of drug-likeness (QED) is 0.528. The standard InChI is InChI=1S/C26H27F3N6O2/c1-25(37)7-2-3-21(25)35-22-19(11-18(13-30)23(35)36)14-31-24(33-22)32-20-5-4-17-15-34(9-6-16(17)12-20)10-8-26(27,28)29/h4-5,11-12,14,21,37H,2-3,6-10,15H2,1H3,(H,31,32,33). The van der Waals surface area contributed by atoms with Crippen molar-refractivity contribution < 1.29 is 18.3 Å². The zero-order valence-electron chi connectivity index (χ0n) is 20.3. The minimum atomic E-state index is -4.16. The Morgan fingerprint density at radius 3 is 2.81 bits per heavy atom. The van der Waals surface area contributed by atoms with Crippen LogP contribution in [-0.4, -0.2) is 49.4 Å². The molecule has 11 heteroatoms. The third-order valence-corrected chi connectivity index (χ3v) is 7.35. The molecule has 194 valence electrons. The lowest BCUT2D eigenvalue weighted by molar-refractivity contribution is -0.138. The summed E-state index contributed by atoms with van der Waals surface area (Å²) >= 11 is 0. The van der Waals surface area contributed by atoms with Gasteiger partial charge in [-0.2, -0.15) is 23.4 Å². The zero-order chi connectivity index (χ0) is 26.4. The van der Waals surface area contributed by atoms with E-state index in [-0.39, 0.29) is 18.1 Å². The summed E-state index contributed by atoms with van der Waals surface area (Å²) in [6.45, 7) is 2.69. The summed E-state index contributed by atoms with van der Waals surface area (Å²) in [5, 5.41) is 24.1. The maximum Gasteiger partial charge on any atom is 0.390 e. The lowest BCUT2D eigenvalue weighted by Crippen LogP contribution is -2.38. The summed E-state index contributed by atoms with van der Waals surface area (Å²) in [6, 6.07) is 8.55. The predicted molar refractivity (Wildman–Crippen MR) is 131 cm³/mol. The number of fused-ring (bicyclic) bond motifs is 2. The fourth-order valence-electron chi connectivity index (χ4n) is 5.38. The average molecular weight is 513 g/mol. The number of aromatic nitrogens is 3. The number of alkyl halides is 3. The molecule has 0 amide bonds. The normalized spacial score (nSPS) is 22.1. The van der Waals surface area contributed by atoms with Crippen molar-refractivity contribution in [2.75, 3.05) is 18.4 Å². The monoisotopic (exact) mass is 512 g/mol. The Morgan fingerprint density at radius 2 is 2.11 bits per heavy atom. The molecule has 1 aliphatic heterocycles. The summed E-state index contributed by atoms with van der Waals surface area (Å²) < 4.78 is 39.2. The first-order valence-electron chi connectivity index (χ1n) is 12.3. The second kappa shape index (κ2) is 9.43. The largest absolute Gasteiger partial charge is 0.390 e. The molecule has 0 radical (unpaired) electrons. The summed E-state index contributed by atoms with van der Waals surface area (Å²) in [7, 11) is 0. The van der Waals surface area contributed by atoms with Crippen molar-refractivity contribution in [2.24, 2.45) is 0 Å². The van der Waals surface area contributed by atoms with Gasteiger partial charge in [-0.3, -0.25) is 14.3 Å². The smallest absolute Gasteiger partial charge is 0.388 e. The van der Waals surface area contributed by atoms with Gasteiger partial charge in [0.25, 0.3) is 5.56 Å². The molecular formula is C26H27F3N6O2. The van der Waals surface area contributed by atoms with Crippen LogP contribution in [0, 0.1) is 11.3 Å². The van der Waals surface area contributed by atoms with Gasteiger partial charge in [-0.05, 0) is 61.9 Å². The number of nitriles is 1. The predicted octanol–water partition coefficient (Wildman–Crippen LogP) is 4.19. The van der Waals surface area contributed by atoms with Crippen molar-refractivity contribution in [3.63, 3.8) is 0 Å². The van der Waals surface area contributed by atoms with Crippen LogP contribution in [0.25, 0.3) is 11.0 Å². The van der Waals surface area contributed by atoms with Crippen molar-refractivity contribution in [2.45, 2.75) is 63.4 Å². The highest BCUT2D eigenvalue weighted by Crippen LogP contribution is 2.39. The van der Waals surface area contributed by atoms with E-state index in [1.54, 1.807) is 13.1 Å². The lowest BCUT2D eigenvalue weighted by Gasteiger charge is -2.29. The molecule has 2 unspecified atom stereocenters. The van der Waals surface area contributed by atoms with Crippen molar-refractivity contribution in [1.82, 2.24) is 19.4 Å². The summed E-state index contributed by atoms with van der Waals surface area (Å²) in [5.41, 5.74) is 1.47. The highest BCUT2D eigenvalue weighted by Gasteiger charge is 2.40. The van der Waals surface area contributed by atoms with Gasteiger partial charge in [-0.1, -0.05) is 6.07 Å². The molecule has 3 heterocycles. The average Bonchev–Trinajstić information content (AvgIpc) is 3.20. The van der Waals surface area contributed by atoms with E-state index in [2.05, 4.69) is 15.3 Å². The molecule has 1 fully saturated rings. The fourth-order valence-corrected chi connectivity index (χ4v) is 5.38. The van der Waals surface area contributed by atoms with Crippen LogP contribution in [0.1, 0.15) is 55.3 Å². The second-order valence-electron chi connectivity index (χ2n) is 10.1. The van der Waals surface area contributed by atoms with Crippen LogP contribution in [-0.2, 0) is 13.0 Å². The summed E-state index contributed by atoms with van der Waals surface area (Å²) in [4.78, 5) is 23.9. The van der Waals surface area contributed by atoms with E-state index in [0.717, 1.165) is 23.2 Å². The number of pyridine rings is 1. The summed E-state index contributed by atoms with van der Waals surface area (Å²) in [5.74, 6) is 0.255. The fraction of sp³-hybridized carbons (Fsp3) is 0.462. The molecule has 1 aliphatic carbocycles. The molecule has 2 atom stereocenters. The minimum Gasteiger partial charge on any atom is -0.388 e. The van der Waals surface area contributed by atoms with Gasteiger partial charge in [0.05, 0.1) is 18.1 Å². The third-order valence-electron chi connectivity index (χ3n) is 7.35. The van der Waals surface area contributed by atoms with Crippen molar-refractivity contribution in [3.8, 4) is 6.07 Å². The van der Waals surface area contributed by atoms with Crippen molar-refractivity contribution in [1.29, 1.82) is 5.26 Å². The Labute approximate surface area is 211 Å². The first-order valence-corrected chi connectivity index (χ1v) is 12.3. The topological polar surface area (TPSA) is 107 Å². The van der Waals surface area contributed by atoms with Crippen LogP contribution in [0.3, 0.4) is 0 Å². The van der Waals surface area contributed by atoms with Gasteiger partial charge in [0.15, 0.2) is 0 Å². The molecule has 1 saturated carbocycles. The second-order valence-corrected chi connectivity index (χ2v) is 10.1. The van der Waals surface area contributed by atoms with E-state index in [9.17, 15) is 28.3 Å². The number of anilines is 2. The Bertz CT molecular complexity index is 1440. The van der Waals surface area contributed by atoms with Gasteiger partial charge in [0, 0.05) is 36.9 Å². The molecular weight excluding hydrogens is 485 g/mol. The van der Waals surface area contributed by atoms with E-state index in [1.807, 2.05) is 29.2 Å². The molecule has 1 aromatic carbocycles. The van der Waals surface area contributed by atoms with Gasteiger partial charge < -0.3 is 10.4 Å². The lowest BCUT2D eigenvalue weighted by atomic mass is 9.99. The minimum absolute atomic E-state index is 0.0169. The highest BCUT2D eigenvalue weighted by molar-refractivity contribution is 5.77. The number of hydrogen-bond donors (Lipinski definition) is 2. The van der Waals surface area contributed by atoms with Crippen LogP contribution in [0.5, 0.6) is 0 Å². The molecule has 2 aromatic heterocycles. The SMILES string of the molecule is CC1(O)CCCC1n1c(=O)c(C#N)cc2cnc(Nc3ccc4c(c3)CCN(CCC(F)(F)F)C4)nc21. The number of nitrogens with zero attached hydrogens (tertiary/aromatic N) is 5. The molecule has 5 rings (SSSR count). The zero-order valence-corrected chi connectivity index (χ0v) is 20.3. The Balaban J connectivity index is 1.42.